The second kappa shape index (κ2) is 16.5. The molecule has 146 valence electrons. The van der Waals surface area contributed by atoms with Gasteiger partial charge >= 0.3 is 0 Å². The Morgan fingerprint density at radius 2 is 1.40 bits per heavy atom. The second-order valence-corrected chi connectivity index (χ2v) is 7.85. The Hall–Kier alpha value is -0.920. The number of rotatable bonds is 18. The Labute approximate surface area is 156 Å². The average molecular weight is 351 g/mol. The van der Waals surface area contributed by atoms with Crippen molar-refractivity contribution >= 4 is 12.1 Å². The first-order chi connectivity index (χ1) is 12.1. The summed E-state index contributed by atoms with van der Waals surface area (Å²) in [5, 5.41) is 0. The van der Waals surface area contributed by atoms with Gasteiger partial charge in [0.05, 0.1) is 0 Å². The number of hydrogen-bond donors (Lipinski definition) is 0. The van der Waals surface area contributed by atoms with E-state index in [-0.39, 0.29) is 5.41 Å². The van der Waals surface area contributed by atoms with Crippen molar-refractivity contribution in [3.05, 3.63) is 12.2 Å². The van der Waals surface area contributed by atoms with E-state index in [2.05, 4.69) is 32.9 Å². The van der Waals surface area contributed by atoms with Gasteiger partial charge < -0.3 is 4.79 Å². The third-order valence-corrected chi connectivity index (χ3v) is 4.99. The largest absolute Gasteiger partial charge is 0.303 e. The van der Waals surface area contributed by atoms with E-state index in [0.717, 1.165) is 64.1 Å². The van der Waals surface area contributed by atoms with E-state index >= 15 is 0 Å². The molecule has 0 fully saturated rings. The van der Waals surface area contributed by atoms with E-state index in [9.17, 15) is 9.59 Å². The Morgan fingerprint density at radius 1 is 0.800 bits per heavy atom. The molecule has 1 unspecified atom stereocenters. The van der Waals surface area contributed by atoms with Crippen LogP contribution in [0.15, 0.2) is 12.2 Å². The summed E-state index contributed by atoms with van der Waals surface area (Å²) in [5.41, 5.74) is -0.178. The van der Waals surface area contributed by atoms with Crippen molar-refractivity contribution in [2.45, 2.75) is 117 Å². The van der Waals surface area contributed by atoms with Gasteiger partial charge in [0, 0.05) is 18.3 Å². The molecule has 0 radical (unpaired) electrons. The lowest BCUT2D eigenvalue weighted by Gasteiger charge is -2.19. The molecule has 0 aliphatic rings. The van der Waals surface area contributed by atoms with Crippen LogP contribution in [0.1, 0.15) is 117 Å². The number of aldehydes is 1. The molecule has 0 N–H and O–H groups in total. The molecule has 0 saturated heterocycles. The second-order valence-electron chi connectivity index (χ2n) is 7.85. The number of unbranched alkanes of at least 4 members (excludes halogenated alkanes) is 8. The molecule has 2 heteroatoms. The zero-order chi connectivity index (χ0) is 18.8. The number of ketones is 1. The number of carbonyl (C=O) groups is 2. The normalized spacial score (nSPS) is 13.9. The standard InChI is InChI=1S/C23H42O2/c1-4-6-7-11-14-17-22(25)18-15-12-9-8-10-13-16-20-23(3,21-24)19-5-2/h13,16,21H,4-12,14-15,17-20H2,1-3H3/b16-13+. The Bertz CT molecular complexity index is 359. The van der Waals surface area contributed by atoms with Gasteiger partial charge in [0.15, 0.2) is 0 Å². The van der Waals surface area contributed by atoms with Crippen LogP contribution in [-0.4, -0.2) is 12.1 Å². The van der Waals surface area contributed by atoms with E-state index in [1.165, 1.54) is 38.5 Å². The summed E-state index contributed by atoms with van der Waals surface area (Å²) in [5.74, 6) is 0.459. The summed E-state index contributed by atoms with van der Waals surface area (Å²) in [6.07, 6.45) is 21.8. The minimum absolute atomic E-state index is 0.178. The molecular formula is C23H42O2. The van der Waals surface area contributed by atoms with Gasteiger partial charge in [-0.25, -0.2) is 0 Å². The molecule has 1 atom stereocenters. The maximum Gasteiger partial charge on any atom is 0.132 e. The first-order valence-corrected chi connectivity index (χ1v) is 10.7. The summed E-state index contributed by atoms with van der Waals surface area (Å²) in [4.78, 5) is 22.9. The monoisotopic (exact) mass is 350 g/mol. The SMILES string of the molecule is CCCCCCCC(=O)CCCCCC/C=C/CC(C)(C=O)CCC. The molecular weight excluding hydrogens is 308 g/mol. The topological polar surface area (TPSA) is 34.1 Å². The first kappa shape index (κ1) is 24.1. The summed E-state index contributed by atoms with van der Waals surface area (Å²) in [6.45, 7) is 6.40. The Kier molecular flexibility index (Phi) is 15.9. The van der Waals surface area contributed by atoms with Gasteiger partial charge in [-0.05, 0) is 38.5 Å². The molecule has 0 aliphatic heterocycles. The van der Waals surface area contributed by atoms with Crippen molar-refractivity contribution < 1.29 is 9.59 Å². The maximum atomic E-state index is 11.8. The van der Waals surface area contributed by atoms with Crippen LogP contribution in [0.3, 0.4) is 0 Å². The molecule has 0 aromatic rings. The van der Waals surface area contributed by atoms with Crippen molar-refractivity contribution in [1.82, 2.24) is 0 Å². The average Bonchev–Trinajstić information content (AvgIpc) is 2.60. The van der Waals surface area contributed by atoms with Gasteiger partial charge in [-0.2, -0.15) is 0 Å². The molecule has 0 aliphatic carbocycles. The van der Waals surface area contributed by atoms with Gasteiger partial charge in [0.1, 0.15) is 12.1 Å². The molecule has 0 amide bonds. The van der Waals surface area contributed by atoms with Gasteiger partial charge in [0.2, 0.25) is 0 Å². The Balaban J connectivity index is 3.50. The minimum Gasteiger partial charge on any atom is -0.303 e. The van der Waals surface area contributed by atoms with Crippen molar-refractivity contribution in [2.24, 2.45) is 5.41 Å². The number of Topliss-reactive ketones (excluding diaryl/α,β-unsaturated/α-hetero) is 1. The third-order valence-electron chi connectivity index (χ3n) is 4.99. The predicted molar refractivity (Wildman–Crippen MR) is 109 cm³/mol. The molecule has 0 saturated carbocycles. The van der Waals surface area contributed by atoms with E-state index in [1.807, 2.05) is 0 Å². The fourth-order valence-electron chi connectivity index (χ4n) is 3.24. The van der Waals surface area contributed by atoms with Crippen LogP contribution in [0, 0.1) is 5.41 Å². The third kappa shape index (κ3) is 15.1. The summed E-state index contributed by atoms with van der Waals surface area (Å²) >= 11 is 0. The zero-order valence-electron chi connectivity index (χ0n) is 17.2. The van der Waals surface area contributed by atoms with Crippen LogP contribution in [0.4, 0.5) is 0 Å². The lowest BCUT2D eigenvalue weighted by molar-refractivity contribution is -0.119. The summed E-state index contributed by atoms with van der Waals surface area (Å²) < 4.78 is 0. The molecule has 0 aromatic carbocycles. The van der Waals surface area contributed by atoms with Crippen molar-refractivity contribution in [1.29, 1.82) is 0 Å². The van der Waals surface area contributed by atoms with Crippen LogP contribution in [0.2, 0.25) is 0 Å². The van der Waals surface area contributed by atoms with Crippen LogP contribution in [0.5, 0.6) is 0 Å². The Morgan fingerprint density at radius 3 is 1.96 bits per heavy atom. The van der Waals surface area contributed by atoms with Crippen molar-refractivity contribution in [2.75, 3.05) is 0 Å². The number of allylic oxidation sites excluding steroid dienone is 2. The highest BCUT2D eigenvalue weighted by Crippen LogP contribution is 2.25. The van der Waals surface area contributed by atoms with Gasteiger partial charge in [0.25, 0.3) is 0 Å². The van der Waals surface area contributed by atoms with Gasteiger partial charge in [-0.15, -0.1) is 0 Å². The number of hydrogen-bond acceptors (Lipinski definition) is 2. The number of carbonyl (C=O) groups excluding carboxylic acids is 2. The molecule has 0 rings (SSSR count). The quantitative estimate of drug-likeness (QED) is 0.149. The lowest BCUT2D eigenvalue weighted by atomic mass is 9.84. The highest BCUT2D eigenvalue weighted by molar-refractivity contribution is 5.78. The van der Waals surface area contributed by atoms with E-state index in [1.54, 1.807) is 0 Å². The van der Waals surface area contributed by atoms with Crippen LogP contribution in [0.25, 0.3) is 0 Å². The van der Waals surface area contributed by atoms with E-state index in [0.29, 0.717) is 5.78 Å². The molecule has 0 spiro atoms. The fraction of sp³-hybridized carbons (Fsp3) is 0.826. The fourth-order valence-corrected chi connectivity index (χ4v) is 3.24. The van der Waals surface area contributed by atoms with Crippen molar-refractivity contribution in [3.8, 4) is 0 Å². The smallest absolute Gasteiger partial charge is 0.132 e. The molecule has 2 nitrogen and oxygen atoms in total. The molecule has 0 heterocycles. The predicted octanol–water partition coefficient (Wildman–Crippen LogP) is 7.21. The first-order valence-electron chi connectivity index (χ1n) is 10.7. The molecule has 0 aromatic heterocycles. The highest BCUT2D eigenvalue weighted by atomic mass is 16.1. The summed E-state index contributed by atoms with van der Waals surface area (Å²) in [7, 11) is 0. The minimum atomic E-state index is -0.178. The zero-order valence-corrected chi connectivity index (χ0v) is 17.2. The van der Waals surface area contributed by atoms with Gasteiger partial charge in [-0.3, -0.25) is 4.79 Å². The van der Waals surface area contributed by atoms with Gasteiger partial charge in [-0.1, -0.05) is 77.9 Å². The highest BCUT2D eigenvalue weighted by Gasteiger charge is 2.20. The molecule has 25 heavy (non-hydrogen) atoms. The maximum absolute atomic E-state index is 11.8. The van der Waals surface area contributed by atoms with Crippen LogP contribution >= 0.6 is 0 Å². The summed E-state index contributed by atoms with van der Waals surface area (Å²) in [6, 6.07) is 0. The lowest BCUT2D eigenvalue weighted by Crippen LogP contribution is -2.16. The van der Waals surface area contributed by atoms with E-state index in [4.69, 9.17) is 0 Å². The van der Waals surface area contributed by atoms with Crippen LogP contribution < -0.4 is 0 Å². The van der Waals surface area contributed by atoms with E-state index < -0.39 is 0 Å². The van der Waals surface area contributed by atoms with Crippen LogP contribution in [-0.2, 0) is 9.59 Å². The molecule has 0 bridgehead atoms. The van der Waals surface area contributed by atoms with Crippen molar-refractivity contribution in [3.63, 3.8) is 0 Å².